The van der Waals surface area contributed by atoms with Crippen LogP contribution in [0.1, 0.15) is 329 Å². The first-order valence-corrected chi connectivity index (χ1v) is 36.8. The van der Waals surface area contributed by atoms with Gasteiger partial charge >= 0.3 is 39.5 Å². The molecule has 0 radical (unpaired) electrons. The van der Waals surface area contributed by atoms with Crippen molar-refractivity contribution in [2.75, 3.05) is 39.6 Å². The molecule has 5 atom stereocenters. The molecule has 19 heteroatoms. The Balaban J connectivity index is 5.12. The van der Waals surface area contributed by atoms with Crippen LogP contribution in [-0.2, 0) is 65.4 Å². The first-order valence-electron chi connectivity index (χ1n) is 33.8. The van der Waals surface area contributed by atoms with Gasteiger partial charge < -0.3 is 33.8 Å². The predicted molar refractivity (Wildman–Crippen MR) is 331 cm³/mol. The lowest BCUT2D eigenvalue weighted by Gasteiger charge is -2.21. The molecule has 0 aliphatic heterocycles. The predicted octanol–water partition coefficient (Wildman–Crippen LogP) is 17.9. The summed E-state index contributed by atoms with van der Waals surface area (Å²) in [5, 5.41) is 10.5. The third kappa shape index (κ3) is 58.8. The minimum Gasteiger partial charge on any atom is -0.462 e. The van der Waals surface area contributed by atoms with E-state index in [1.807, 2.05) is 0 Å². The molecule has 0 heterocycles. The molecule has 0 amide bonds. The molecule has 0 aliphatic rings. The number of esters is 4. The second-order valence-corrected chi connectivity index (χ2v) is 26.1. The summed E-state index contributed by atoms with van der Waals surface area (Å²) in [6.45, 7) is 4.79. The van der Waals surface area contributed by atoms with E-state index in [2.05, 4.69) is 27.7 Å². The Morgan fingerprint density at radius 1 is 0.289 bits per heavy atom. The van der Waals surface area contributed by atoms with Crippen molar-refractivity contribution in [2.45, 2.75) is 348 Å². The smallest absolute Gasteiger partial charge is 0.462 e. The maximum atomic E-state index is 13.0. The molecule has 0 rings (SSSR count). The number of unbranched alkanes of at least 4 members (excludes halogenated alkanes) is 39. The summed E-state index contributed by atoms with van der Waals surface area (Å²) in [6.07, 6.45) is 44.8. The minimum absolute atomic E-state index is 0.105. The Morgan fingerprint density at radius 2 is 0.482 bits per heavy atom. The minimum atomic E-state index is -4.94. The van der Waals surface area contributed by atoms with Crippen LogP contribution in [0.5, 0.6) is 0 Å². The molecule has 0 saturated heterocycles. The van der Waals surface area contributed by atoms with Gasteiger partial charge in [0.25, 0.3) is 0 Å². The lowest BCUT2D eigenvalue weighted by atomic mass is 10.0. The molecule has 83 heavy (non-hydrogen) atoms. The number of aliphatic hydroxyl groups excluding tert-OH is 1. The van der Waals surface area contributed by atoms with Crippen LogP contribution in [0.25, 0.3) is 0 Å². The Kier molecular flexibility index (Phi) is 57.7. The third-order valence-electron chi connectivity index (χ3n) is 14.9. The fourth-order valence-electron chi connectivity index (χ4n) is 9.63. The molecule has 0 aromatic carbocycles. The van der Waals surface area contributed by atoms with Gasteiger partial charge in [0.05, 0.1) is 26.4 Å². The Hall–Kier alpha value is -1.94. The highest BCUT2D eigenvalue weighted by Crippen LogP contribution is 2.45. The fraction of sp³-hybridized carbons (Fsp3) is 0.938. The molecule has 0 saturated carbocycles. The van der Waals surface area contributed by atoms with Crippen molar-refractivity contribution < 1.29 is 80.2 Å². The number of hydrogen-bond donors (Lipinski definition) is 3. The van der Waals surface area contributed by atoms with Crippen LogP contribution in [0.15, 0.2) is 0 Å². The highest BCUT2D eigenvalue weighted by Gasteiger charge is 2.30. The maximum Gasteiger partial charge on any atom is 0.472 e. The summed E-state index contributed by atoms with van der Waals surface area (Å²) in [5.74, 6) is -2.14. The molecule has 2 unspecified atom stereocenters. The average molecular weight is 1230 g/mol. The first kappa shape index (κ1) is 81.1. The molecule has 0 spiro atoms. The van der Waals surface area contributed by atoms with Gasteiger partial charge in [0.15, 0.2) is 12.2 Å². The van der Waals surface area contributed by atoms with Gasteiger partial charge in [-0.3, -0.25) is 37.3 Å². The first-order chi connectivity index (χ1) is 40.2. The molecule has 3 N–H and O–H groups in total. The second kappa shape index (κ2) is 59.0. The van der Waals surface area contributed by atoms with Gasteiger partial charge in [-0.25, -0.2) is 9.13 Å². The second-order valence-electron chi connectivity index (χ2n) is 23.2. The quantitative estimate of drug-likeness (QED) is 0.0222. The number of ether oxygens (including phenoxy) is 4. The summed E-state index contributed by atoms with van der Waals surface area (Å²) in [4.78, 5) is 71.9. The van der Waals surface area contributed by atoms with Crippen LogP contribution in [0.2, 0.25) is 0 Å². The normalized spacial score (nSPS) is 14.2. The number of carbonyl (C=O) groups excluding carboxylic acids is 4. The van der Waals surface area contributed by atoms with Crippen molar-refractivity contribution in [3.63, 3.8) is 0 Å². The van der Waals surface area contributed by atoms with Crippen molar-refractivity contribution in [3.05, 3.63) is 0 Å². The van der Waals surface area contributed by atoms with Crippen molar-refractivity contribution >= 4 is 39.5 Å². The van der Waals surface area contributed by atoms with E-state index in [-0.39, 0.29) is 25.7 Å². The van der Waals surface area contributed by atoms with E-state index in [1.165, 1.54) is 154 Å². The number of phosphoric ester groups is 2. The molecule has 492 valence electrons. The van der Waals surface area contributed by atoms with Crippen molar-refractivity contribution in [2.24, 2.45) is 0 Å². The number of rotatable bonds is 65. The molecular weight excluding hydrogens is 1100 g/mol. The van der Waals surface area contributed by atoms with Crippen molar-refractivity contribution in [3.8, 4) is 0 Å². The summed E-state index contributed by atoms with van der Waals surface area (Å²) in [7, 11) is -9.87. The van der Waals surface area contributed by atoms with E-state index in [9.17, 15) is 43.2 Å². The van der Waals surface area contributed by atoms with Gasteiger partial charge in [-0.15, -0.1) is 0 Å². The van der Waals surface area contributed by atoms with Crippen LogP contribution in [0, 0.1) is 0 Å². The molecule has 0 fully saturated rings. The summed E-state index contributed by atoms with van der Waals surface area (Å²) < 4.78 is 67.8. The van der Waals surface area contributed by atoms with Crippen LogP contribution in [-0.4, -0.2) is 96.7 Å². The van der Waals surface area contributed by atoms with Gasteiger partial charge in [0.2, 0.25) is 0 Å². The third-order valence-corrected chi connectivity index (χ3v) is 16.8. The molecule has 0 aromatic rings. The maximum absolute atomic E-state index is 13.0. The van der Waals surface area contributed by atoms with E-state index in [0.717, 1.165) is 96.3 Å². The van der Waals surface area contributed by atoms with E-state index in [0.29, 0.717) is 25.7 Å². The van der Waals surface area contributed by atoms with E-state index >= 15 is 0 Å². The van der Waals surface area contributed by atoms with Gasteiger partial charge in [-0.1, -0.05) is 278 Å². The summed E-state index contributed by atoms with van der Waals surface area (Å²) in [6, 6.07) is 0. The van der Waals surface area contributed by atoms with Crippen molar-refractivity contribution in [1.82, 2.24) is 0 Å². The number of carbonyl (C=O) groups is 4. The molecule has 17 nitrogen and oxygen atoms in total. The van der Waals surface area contributed by atoms with Crippen LogP contribution >= 0.6 is 15.6 Å². The lowest BCUT2D eigenvalue weighted by Crippen LogP contribution is -2.30. The number of phosphoric acid groups is 2. The largest absolute Gasteiger partial charge is 0.472 e. The lowest BCUT2D eigenvalue weighted by molar-refractivity contribution is -0.161. The standard InChI is InChI=1S/C64H124O17P2/c1-5-9-13-17-20-23-25-26-27-28-29-30-31-33-36-39-43-47-51-64(69)81-60(55-75-62(67)49-45-41-37-35-32-24-21-18-14-10-6-2)57-79-83(72,73)77-53-58(65)52-76-82(70,71)78-56-59(54-74-61(66)48-44-40-16-12-8-4)80-63(68)50-46-42-38-34-22-19-15-11-7-3/h58-60,65H,5-57H2,1-4H3,(H,70,71)(H,72,73)/t58-,59+,60+/m0/s1. The molecule has 0 aliphatic carbocycles. The zero-order chi connectivity index (χ0) is 61.2. The van der Waals surface area contributed by atoms with Crippen LogP contribution < -0.4 is 0 Å². The van der Waals surface area contributed by atoms with E-state index < -0.39 is 97.5 Å². The average Bonchev–Trinajstić information content (AvgIpc) is 3.50. The summed E-state index contributed by atoms with van der Waals surface area (Å²) in [5.41, 5.74) is 0. The zero-order valence-corrected chi connectivity index (χ0v) is 54.9. The zero-order valence-electron chi connectivity index (χ0n) is 53.2. The Bertz CT molecular complexity index is 1600. The molecule has 0 aromatic heterocycles. The SMILES string of the molecule is CCCCCCCCCCCCCCCCCCCCC(=O)O[C@H](COC(=O)CCCCCCCCCCCCC)COP(=O)(O)OC[C@@H](O)COP(=O)(O)OC[C@@H](COC(=O)CCCCCCC)OC(=O)CCCCCCCCCCC. The Labute approximate surface area is 505 Å². The van der Waals surface area contributed by atoms with Gasteiger partial charge in [-0.2, -0.15) is 0 Å². The highest BCUT2D eigenvalue weighted by molar-refractivity contribution is 7.47. The van der Waals surface area contributed by atoms with Gasteiger partial charge in [0.1, 0.15) is 19.3 Å². The van der Waals surface area contributed by atoms with Crippen molar-refractivity contribution in [1.29, 1.82) is 0 Å². The monoisotopic (exact) mass is 1230 g/mol. The van der Waals surface area contributed by atoms with Gasteiger partial charge in [0, 0.05) is 25.7 Å². The van der Waals surface area contributed by atoms with Crippen LogP contribution in [0.3, 0.4) is 0 Å². The fourth-order valence-corrected chi connectivity index (χ4v) is 11.2. The topological polar surface area (TPSA) is 237 Å². The number of hydrogen-bond acceptors (Lipinski definition) is 15. The van der Waals surface area contributed by atoms with E-state index in [4.69, 9.17) is 37.0 Å². The van der Waals surface area contributed by atoms with E-state index in [1.54, 1.807) is 0 Å². The summed E-state index contributed by atoms with van der Waals surface area (Å²) >= 11 is 0. The highest BCUT2D eigenvalue weighted by atomic mass is 31.2. The number of aliphatic hydroxyl groups is 1. The molecular formula is C64H124O17P2. The van der Waals surface area contributed by atoms with Crippen LogP contribution in [0.4, 0.5) is 0 Å². The van der Waals surface area contributed by atoms with Gasteiger partial charge in [-0.05, 0) is 25.7 Å². The Morgan fingerprint density at radius 3 is 0.711 bits per heavy atom. The molecule has 0 bridgehead atoms.